The minimum atomic E-state index is -0.0779. The fourth-order valence-corrected chi connectivity index (χ4v) is 7.90. The van der Waals surface area contributed by atoms with Gasteiger partial charge < -0.3 is 9.47 Å². The van der Waals surface area contributed by atoms with E-state index in [1.807, 2.05) is 13.8 Å². The molecule has 2 nitrogen and oxygen atoms in total. The van der Waals surface area contributed by atoms with E-state index < -0.39 is 0 Å². The van der Waals surface area contributed by atoms with E-state index in [0.717, 1.165) is 24.2 Å². The van der Waals surface area contributed by atoms with E-state index >= 15 is 0 Å². The van der Waals surface area contributed by atoms with Crippen LogP contribution in [-0.4, -0.2) is 4.57 Å². The third-order valence-electron chi connectivity index (χ3n) is 10.3. The maximum Gasteiger partial charge on any atom is 0.0542 e. The van der Waals surface area contributed by atoms with Gasteiger partial charge in [0.15, 0.2) is 0 Å². The van der Waals surface area contributed by atoms with Gasteiger partial charge in [-0.2, -0.15) is 0 Å². The Morgan fingerprint density at radius 1 is 0.571 bits per heavy atom. The molecule has 2 aliphatic carbocycles. The molecule has 0 radical (unpaired) electrons. The molecule has 49 heavy (non-hydrogen) atoms. The van der Waals surface area contributed by atoms with E-state index in [2.05, 4.69) is 181 Å². The number of rotatable bonds is 5. The van der Waals surface area contributed by atoms with Gasteiger partial charge in [-0.15, -0.1) is 0 Å². The second kappa shape index (κ2) is 12.5. The molecule has 2 heteroatoms. The van der Waals surface area contributed by atoms with E-state index in [9.17, 15) is 0 Å². The summed E-state index contributed by atoms with van der Waals surface area (Å²) in [4.78, 5) is 2.44. The Balaban J connectivity index is 0.00000171. The molecule has 1 heterocycles. The van der Waals surface area contributed by atoms with E-state index in [4.69, 9.17) is 0 Å². The summed E-state index contributed by atoms with van der Waals surface area (Å²) in [7, 11) is 0. The van der Waals surface area contributed by atoms with Crippen LogP contribution in [0.2, 0.25) is 0 Å². The van der Waals surface area contributed by atoms with Crippen molar-refractivity contribution in [1.29, 1.82) is 0 Å². The lowest BCUT2D eigenvalue weighted by Crippen LogP contribution is -2.16. The van der Waals surface area contributed by atoms with Gasteiger partial charge in [0.25, 0.3) is 0 Å². The maximum absolute atomic E-state index is 2.44. The fraction of sp³-hybridized carbons (Fsp3) is 0.149. The minimum Gasteiger partial charge on any atom is -0.310 e. The lowest BCUT2D eigenvalue weighted by atomic mass is 9.82. The third-order valence-corrected chi connectivity index (χ3v) is 10.3. The van der Waals surface area contributed by atoms with Crippen LogP contribution in [0, 0.1) is 0 Å². The molecule has 0 aliphatic heterocycles. The number of allylic oxidation sites excluding steroid dienone is 4. The molecule has 0 amide bonds. The zero-order chi connectivity index (χ0) is 33.5. The third kappa shape index (κ3) is 5.11. The summed E-state index contributed by atoms with van der Waals surface area (Å²) in [6.07, 6.45) is 8.88. The first kappa shape index (κ1) is 30.7. The van der Waals surface area contributed by atoms with E-state index in [0.29, 0.717) is 0 Å². The summed E-state index contributed by atoms with van der Waals surface area (Å²) in [5.74, 6) is 0. The van der Waals surface area contributed by atoms with Gasteiger partial charge in [-0.3, -0.25) is 0 Å². The standard InChI is InChI=1S/C45H36N2.C2H6/c1-45(2)41-19-11-9-17-37(41)38-27-25-36(30-42(38)45)46(34-23-21-32(22-24-34)31-13-5-3-6-14-31)35-26-28-44-40(29-35)39-18-10-12-20-43(39)47(44)33-15-7-4-8-16-33;1-2/h3-5,7-13,15-30H,6,14H2,1-2H3;1-2H3. The summed E-state index contributed by atoms with van der Waals surface area (Å²) in [5.41, 5.74) is 15.1. The average Bonchev–Trinajstić information content (AvgIpc) is 3.62. The van der Waals surface area contributed by atoms with Crippen LogP contribution in [0.15, 0.2) is 158 Å². The summed E-state index contributed by atoms with van der Waals surface area (Å²) >= 11 is 0. The van der Waals surface area contributed by atoms with Crippen molar-refractivity contribution in [2.24, 2.45) is 0 Å². The monoisotopic (exact) mass is 634 g/mol. The highest BCUT2D eigenvalue weighted by molar-refractivity contribution is 6.10. The van der Waals surface area contributed by atoms with Gasteiger partial charge in [-0.1, -0.05) is 125 Å². The number of aromatic nitrogens is 1. The van der Waals surface area contributed by atoms with Crippen molar-refractivity contribution in [3.8, 4) is 16.8 Å². The first-order chi connectivity index (χ1) is 24.1. The Hall–Kier alpha value is -5.60. The predicted octanol–water partition coefficient (Wildman–Crippen LogP) is 13.3. The van der Waals surface area contributed by atoms with Crippen molar-refractivity contribution >= 4 is 44.4 Å². The summed E-state index contributed by atoms with van der Waals surface area (Å²) in [6.45, 7) is 8.72. The minimum absolute atomic E-state index is 0.0779. The molecule has 0 saturated carbocycles. The Morgan fingerprint density at radius 3 is 2.02 bits per heavy atom. The molecule has 0 atom stereocenters. The van der Waals surface area contributed by atoms with Gasteiger partial charge in [0, 0.05) is 38.9 Å². The van der Waals surface area contributed by atoms with Gasteiger partial charge in [0.2, 0.25) is 0 Å². The van der Waals surface area contributed by atoms with Gasteiger partial charge in [0.1, 0.15) is 0 Å². The van der Waals surface area contributed by atoms with Crippen LogP contribution < -0.4 is 4.90 Å². The number of para-hydroxylation sites is 2. The second-order valence-electron chi connectivity index (χ2n) is 13.3. The van der Waals surface area contributed by atoms with Gasteiger partial charge in [-0.05, 0) is 107 Å². The first-order valence-corrected chi connectivity index (χ1v) is 17.7. The first-order valence-electron chi connectivity index (χ1n) is 17.7. The highest BCUT2D eigenvalue weighted by Gasteiger charge is 2.35. The summed E-state index contributed by atoms with van der Waals surface area (Å²) in [5, 5.41) is 2.50. The Kier molecular flexibility index (Phi) is 7.80. The van der Waals surface area contributed by atoms with Crippen LogP contribution in [-0.2, 0) is 5.41 Å². The molecule has 6 aromatic carbocycles. The van der Waals surface area contributed by atoms with Crippen molar-refractivity contribution in [1.82, 2.24) is 4.57 Å². The molecule has 0 N–H and O–H groups in total. The van der Waals surface area contributed by atoms with E-state index in [-0.39, 0.29) is 5.41 Å². The predicted molar refractivity (Wildman–Crippen MR) is 211 cm³/mol. The molecule has 1 aromatic heterocycles. The zero-order valence-electron chi connectivity index (χ0n) is 28.8. The molecule has 0 fully saturated rings. The van der Waals surface area contributed by atoms with Crippen LogP contribution in [0.5, 0.6) is 0 Å². The number of hydrogen-bond donors (Lipinski definition) is 0. The average molecular weight is 635 g/mol. The Bertz CT molecular complexity index is 2370. The molecule has 2 aliphatic rings. The molecular formula is C47H42N2. The van der Waals surface area contributed by atoms with Crippen LogP contribution >= 0.6 is 0 Å². The summed E-state index contributed by atoms with van der Waals surface area (Å²) < 4.78 is 2.38. The molecule has 0 spiro atoms. The van der Waals surface area contributed by atoms with Crippen molar-refractivity contribution < 1.29 is 0 Å². The normalized spacial score (nSPS) is 14.2. The SMILES string of the molecule is CC.CC1(C)c2ccccc2-c2ccc(N(c3ccc(C4=CC=CCC4)cc3)c3ccc4c(c3)c3ccccc3n4-c3ccccc3)cc21. The highest BCUT2D eigenvalue weighted by atomic mass is 15.1. The molecule has 240 valence electrons. The number of anilines is 3. The molecule has 7 aromatic rings. The number of benzene rings is 6. The van der Waals surface area contributed by atoms with E-state index in [1.165, 1.54) is 66.6 Å². The molecular weight excluding hydrogens is 593 g/mol. The Labute approximate surface area is 290 Å². The number of fused-ring (bicyclic) bond motifs is 6. The van der Waals surface area contributed by atoms with Crippen LogP contribution in [0.1, 0.15) is 57.2 Å². The van der Waals surface area contributed by atoms with Crippen molar-refractivity contribution in [2.45, 2.75) is 46.0 Å². The van der Waals surface area contributed by atoms with Gasteiger partial charge >= 0.3 is 0 Å². The van der Waals surface area contributed by atoms with E-state index in [1.54, 1.807) is 0 Å². The zero-order valence-corrected chi connectivity index (χ0v) is 28.8. The van der Waals surface area contributed by atoms with Crippen molar-refractivity contribution in [3.63, 3.8) is 0 Å². The van der Waals surface area contributed by atoms with Crippen LogP contribution in [0.25, 0.3) is 44.2 Å². The molecule has 0 unspecified atom stereocenters. The number of nitrogens with zero attached hydrogens (tertiary/aromatic N) is 2. The topological polar surface area (TPSA) is 8.17 Å². The Morgan fingerprint density at radius 2 is 1.22 bits per heavy atom. The van der Waals surface area contributed by atoms with Crippen LogP contribution in [0.3, 0.4) is 0 Å². The summed E-state index contributed by atoms with van der Waals surface area (Å²) in [6, 6.07) is 51.5. The van der Waals surface area contributed by atoms with Gasteiger partial charge in [0.05, 0.1) is 11.0 Å². The highest BCUT2D eigenvalue weighted by Crippen LogP contribution is 2.51. The number of hydrogen-bond acceptors (Lipinski definition) is 1. The smallest absolute Gasteiger partial charge is 0.0542 e. The van der Waals surface area contributed by atoms with Crippen LogP contribution in [0.4, 0.5) is 17.1 Å². The molecule has 0 bridgehead atoms. The van der Waals surface area contributed by atoms with Gasteiger partial charge in [-0.25, -0.2) is 0 Å². The lowest BCUT2D eigenvalue weighted by molar-refractivity contribution is 0.660. The largest absolute Gasteiger partial charge is 0.310 e. The fourth-order valence-electron chi connectivity index (χ4n) is 7.90. The van der Waals surface area contributed by atoms with Crippen molar-refractivity contribution in [3.05, 3.63) is 174 Å². The molecule has 9 rings (SSSR count). The quantitative estimate of drug-likeness (QED) is 0.183. The second-order valence-corrected chi connectivity index (χ2v) is 13.3. The lowest BCUT2D eigenvalue weighted by Gasteiger charge is -2.28. The molecule has 0 saturated heterocycles. The maximum atomic E-state index is 2.44. The van der Waals surface area contributed by atoms with Crippen molar-refractivity contribution in [2.75, 3.05) is 4.90 Å².